The third-order valence-electron chi connectivity index (χ3n) is 1.72. The molecule has 1 saturated heterocycles. The molecular formula is C7H11N3O2S. The minimum absolute atomic E-state index is 0.00671. The van der Waals surface area contributed by atoms with E-state index in [1.54, 1.807) is 6.92 Å². The molecule has 72 valence electrons. The van der Waals surface area contributed by atoms with Crippen LogP contribution in [-0.4, -0.2) is 29.6 Å². The van der Waals surface area contributed by atoms with Gasteiger partial charge in [0.25, 0.3) is 0 Å². The molecule has 0 bridgehead atoms. The number of carbonyl (C=O) groups excluding carboxylic acids is 1. The molecule has 0 N–H and O–H groups in total. The van der Waals surface area contributed by atoms with Crippen molar-refractivity contribution in [2.75, 3.05) is 13.2 Å². The maximum atomic E-state index is 10.7. The summed E-state index contributed by atoms with van der Waals surface area (Å²) in [6.45, 7) is 2.49. The second-order valence-electron chi connectivity index (χ2n) is 2.84. The van der Waals surface area contributed by atoms with E-state index >= 15 is 0 Å². The first kappa shape index (κ1) is 10.4. The van der Waals surface area contributed by atoms with Crippen molar-refractivity contribution in [1.82, 2.24) is 0 Å². The van der Waals surface area contributed by atoms with E-state index in [1.165, 1.54) is 11.8 Å². The number of hydrogen-bond donors (Lipinski definition) is 0. The lowest BCUT2D eigenvalue weighted by Gasteiger charge is -2.03. The highest BCUT2D eigenvalue weighted by molar-refractivity contribution is 8.14. The molecule has 5 nitrogen and oxygen atoms in total. The number of rotatable bonds is 3. The average molecular weight is 201 g/mol. The first-order chi connectivity index (χ1) is 6.22. The Hall–Kier alpha value is -0.710. The fourth-order valence-corrected chi connectivity index (χ4v) is 2.17. The van der Waals surface area contributed by atoms with E-state index < -0.39 is 0 Å². The van der Waals surface area contributed by atoms with Crippen molar-refractivity contribution < 1.29 is 9.53 Å². The Morgan fingerprint density at radius 3 is 3.23 bits per heavy atom. The molecule has 0 unspecified atom stereocenters. The van der Waals surface area contributed by atoms with E-state index in [-0.39, 0.29) is 16.5 Å². The molecule has 6 heteroatoms. The van der Waals surface area contributed by atoms with Gasteiger partial charge in [0.05, 0.1) is 19.3 Å². The zero-order valence-corrected chi connectivity index (χ0v) is 8.16. The van der Waals surface area contributed by atoms with Gasteiger partial charge in [-0.3, -0.25) is 4.79 Å². The molecule has 0 radical (unpaired) electrons. The zero-order chi connectivity index (χ0) is 9.68. The maximum Gasteiger partial charge on any atom is 0.186 e. The summed E-state index contributed by atoms with van der Waals surface area (Å²) in [6, 6.07) is 0. The van der Waals surface area contributed by atoms with Crippen molar-refractivity contribution in [1.29, 1.82) is 0 Å². The molecule has 2 atom stereocenters. The second kappa shape index (κ2) is 5.11. The van der Waals surface area contributed by atoms with E-state index in [4.69, 9.17) is 10.3 Å². The van der Waals surface area contributed by atoms with Crippen LogP contribution >= 0.6 is 11.8 Å². The summed E-state index contributed by atoms with van der Waals surface area (Å²) < 4.78 is 5.33. The van der Waals surface area contributed by atoms with Crippen LogP contribution in [0.5, 0.6) is 0 Å². The van der Waals surface area contributed by atoms with Crippen molar-refractivity contribution >= 4 is 16.9 Å². The summed E-state index contributed by atoms with van der Waals surface area (Å²) in [7, 11) is 0. The molecule has 1 aliphatic rings. The minimum Gasteiger partial charge on any atom is -0.377 e. The second-order valence-corrected chi connectivity index (χ2v) is 4.31. The normalized spacial score (nSPS) is 26.8. The van der Waals surface area contributed by atoms with Crippen molar-refractivity contribution in [2.45, 2.75) is 24.7 Å². The lowest BCUT2D eigenvalue weighted by atomic mass is 10.2. The number of thioether (sulfide) groups is 1. The fraction of sp³-hybridized carbons (Fsp3) is 0.857. The van der Waals surface area contributed by atoms with Crippen LogP contribution in [0.3, 0.4) is 0 Å². The maximum absolute atomic E-state index is 10.7. The Bertz CT molecular complexity index is 230. The fourth-order valence-electron chi connectivity index (χ4n) is 1.24. The first-order valence-electron chi connectivity index (χ1n) is 4.02. The lowest BCUT2D eigenvalue weighted by Crippen LogP contribution is -2.09. The van der Waals surface area contributed by atoms with Gasteiger partial charge in [-0.15, -0.1) is 0 Å². The van der Waals surface area contributed by atoms with Gasteiger partial charge in [-0.05, 0) is 12.0 Å². The van der Waals surface area contributed by atoms with Gasteiger partial charge in [-0.1, -0.05) is 16.9 Å². The van der Waals surface area contributed by atoms with Crippen LogP contribution in [0.25, 0.3) is 10.4 Å². The van der Waals surface area contributed by atoms with Gasteiger partial charge < -0.3 is 4.74 Å². The quantitative estimate of drug-likeness (QED) is 0.396. The number of carbonyl (C=O) groups is 1. The van der Waals surface area contributed by atoms with Crippen LogP contribution in [0.4, 0.5) is 0 Å². The van der Waals surface area contributed by atoms with E-state index in [9.17, 15) is 4.79 Å². The molecule has 1 aliphatic heterocycles. The number of ether oxygens (including phenoxy) is 1. The van der Waals surface area contributed by atoms with Crippen LogP contribution in [0.15, 0.2) is 5.11 Å². The van der Waals surface area contributed by atoms with Gasteiger partial charge in [-0.25, -0.2) is 0 Å². The van der Waals surface area contributed by atoms with Gasteiger partial charge in [0, 0.05) is 17.1 Å². The van der Waals surface area contributed by atoms with E-state index in [0.717, 1.165) is 6.42 Å². The predicted octanol–water partition coefficient (Wildman–Crippen LogP) is 1.73. The molecule has 0 aromatic carbocycles. The molecule has 0 saturated carbocycles. The Morgan fingerprint density at radius 2 is 2.62 bits per heavy atom. The van der Waals surface area contributed by atoms with Gasteiger partial charge in [-0.2, -0.15) is 0 Å². The van der Waals surface area contributed by atoms with Crippen LogP contribution in [0.2, 0.25) is 0 Å². The SMILES string of the molecule is CC(=O)S[C@@H]1CO[C@H](CN=[N+]=[N-])C1. The molecule has 0 aromatic rings. The van der Waals surface area contributed by atoms with Crippen LogP contribution < -0.4 is 0 Å². The molecule has 1 fully saturated rings. The largest absolute Gasteiger partial charge is 0.377 e. The van der Waals surface area contributed by atoms with Crippen LogP contribution in [0, 0.1) is 0 Å². The molecule has 0 amide bonds. The van der Waals surface area contributed by atoms with Gasteiger partial charge in [0.15, 0.2) is 5.12 Å². The van der Waals surface area contributed by atoms with Crippen molar-refractivity contribution in [3.8, 4) is 0 Å². The van der Waals surface area contributed by atoms with Gasteiger partial charge >= 0.3 is 0 Å². The lowest BCUT2D eigenvalue weighted by molar-refractivity contribution is -0.109. The highest BCUT2D eigenvalue weighted by Crippen LogP contribution is 2.25. The highest BCUT2D eigenvalue weighted by Gasteiger charge is 2.26. The smallest absolute Gasteiger partial charge is 0.186 e. The summed E-state index contributed by atoms with van der Waals surface area (Å²) in [4.78, 5) is 13.4. The van der Waals surface area contributed by atoms with Gasteiger partial charge in [0.2, 0.25) is 0 Å². The Balaban J connectivity index is 2.27. The predicted molar refractivity (Wildman–Crippen MR) is 50.4 cm³/mol. The Labute approximate surface area is 80.5 Å². The number of azide groups is 1. The summed E-state index contributed by atoms with van der Waals surface area (Å²) in [5, 5.41) is 3.77. The van der Waals surface area contributed by atoms with Crippen molar-refractivity contribution in [3.63, 3.8) is 0 Å². The Morgan fingerprint density at radius 1 is 1.85 bits per heavy atom. The summed E-state index contributed by atoms with van der Waals surface area (Å²) in [5.74, 6) is 0. The minimum atomic E-state index is -0.00671. The molecule has 0 spiro atoms. The number of hydrogen-bond acceptors (Lipinski definition) is 4. The van der Waals surface area contributed by atoms with Crippen molar-refractivity contribution in [2.24, 2.45) is 5.11 Å². The molecule has 0 aliphatic carbocycles. The molecular weight excluding hydrogens is 190 g/mol. The Kier molecular flexibility index (Phi) is 4.08. The van der Waals surface area contributed by atoms with Crippen molar-refractivity contribution in [3.05, 3.63) is 10.4 Å². The van der Waals surface area contributed by atoms with Gasteiger partial charge in [0.1, 0.15) is 0 Å². The summed E-state index contributed by atoms with van der Waals surface area (Å²) >= 11 is 1.30. The summed E-state index contributed by atoms with van der Waals surface area (Å²) in [5.41, 5.74) is 8.08. The zero-order valence-electron chi connectivity index (χ0n) is 7.34. The molecule has 1 rings (SSSR count). The monoisotopic (exact) mass is 201 g/mol. The molecule has 1 heterocycles. The highest BCUT2D eigenvalue weighted by atomic mass is 32.2. The number of nitrogens with zero attached hydrogens (tertiary/aromatic N) is 3. The third kappa shape index (κ3) is 3.67. The molecule has 13 heavy (non-hydrogen) atoms. The van der Waals surface area contributed by atoms with Crippen LogP contribution in [-0.2, 0) is 9.53 Å². The standard InChI is InChI=1S/C7H11N3O2S/c1-5(11)13-7-2-6(12-4-7)3-9-10-8/h6-7H,2-4H2,1H3/t6-,7-/m0/s1. The average Bonchev–Trinajstić information content (AvgIpc) is 2.48. The van der Waals surface area contributed by atoms with E-state index in [1.807, 2.05) is 0 Å². The van der Waals surface area contributed by atoms with E-state index in [0.29, 0.717) is 13.2 Å². The third-order valence-corrected chi connectivity index (χ3v) is 2.72. The van der Waals surface area contributed by atoms with E-state index in [2.05, 4.69) is 10.0 Å². The molecule has 0 aromatic heterocycles. The van der Waals surface area contributed by atoms with Crippen LogP contribution in [0.1, 0.15) is 13.3 Å². The first-order valence-corrected chi connectivity index (χ1v) is 4.90. The topological polar surface area (TPSA) is 75.1 Å². The summed E-state index contributed by atoms with van der Waals surface area (Å²) in [6.07, 6.45) is 0.788.